The summed E-state index contributed by atoms with van der Waals surface area (Å²) in [6, 6.07) is 14.0. The maximum atomic E-state index is 12.7. The second-order valence-corrected chi connectivity index (χ2v) is 5.86. The Morgan fingerprint density at radius 2 is 1.76 bits per heavy atom. The summed E-state index contributed by atoms with van der Waals surface area (Å²) < 4.78 is 0. The van der Waals surface area contributed by atoms with E-state index >= 15 is 0 Å². The van der Waals surface area contributed by atoms with Crippen molar-refractivity contribution in [1.29, 1.82) is 0 Å². The van der Waals surface area contributed by atoms with Crippen molar-refractivity contribution >= 4 is 16.7 Å². The van der Waals surface area contributed by atoms with E-state index in [9.17, 15) is 4.79 Å². The quantitative estimate of drug-likeness (QED) is 0.683. The minimum Gasteiger partial charge on any atom is -0.360 e. The molecular formula is C19H19NO. The van der Waals surface area contributed by atoms with E-state index in [1.807, 2.05) is 49.5 Å². The standard InChI is InChI=1S/C19H19NO/c1-12(2)14-5-7-15(8-6-14)19(21)17-11-20-18-10-13(3)4-9-16(17)18/h4-12,20H,1-3H3. The summed E-state index contributed by atoms with van der Waals surface area (Å²) in [7, 11) is 0. The summed E-state index contributed by atoms with van der Waals surface area (Å²) in [5, 5.41) is 0.985. The number of aromatic nitrogens is 1. The topological polar surface area (TPSA) is 32.9 Å². The molecule has 2 heteroatoms. The summed E-state index contributed by atoms with van der Waals surface area (Å²) >= 11 is 0. The number of carbonyl (C=O) groups excluding carboxylic acids is 1. The van der Waals surface area contributed by atoms with Gasteiger partial charge in [-0.25, -0.2) is 0 Å². The van der Waals surface area contributed by atoms with Crippen molar-refractivity contribution in [2.75, 3.05) is 0 Å². The smallest absolute Gasteiger partial charge is 0.195 e. The van der Waals surface area contributed by atoms with Gasteiger partial charge in [-0.2, -0.15) is 0 Å². The molecular weight excluding hydrogens is 258 g/mol. The molecule has 2 nitrogen and oxygen atoms in total. The van der Waals surface area contributed by atoms with Crippen LogP contribution in [0.4, 0.5) is 0 Å². The molecule has 106 valence electrons. The van der Waals surface area contributed by atoms with Crippen molar-refractivity contribution < 1.29 is 4.79 Å². The lowest BCUT2D eigenvalue weighted by Gasteiger charge is -2.06. The highest BCUT2D eigenvalue weighted by molar-refractivity contribution is 6.16. The minimum atomic E-state index is 0.0698. The number of hydrogen-bond donors (Lipinski definition) is 1. The van der Waals surface area contributed by atoms with Crippen LogP contribution in [0.5, 0.6) is 0 Å². The zero-order valence-electron chi connectivity index (χ0n) is 12.6. The fourth-order valence-electron chi connectivity index (χ4n) is 2.60. The van der Waals surface area contributed by atoms with E-state index < -0.39 is 0 Å². The Hall–Kier alpha value is -2.35. The highest BCUT2D eigenvalue weighted by Crippen LogP contribution is 2.23. The second-order valence-electron chi connectivity index (χ2n) is 5.86. The second kappa shape index (κ2) is 5.21. The van der Waals surface area contributed by atoms with E-state index in [-0.39, 0.29) is 5.78 Å². The fraction of sp³-hybridized carbons (Fsp3) is 0.211. The van der Waals surface area contributed by atoms with Gasteiger partial charge in [0.25, 0.3) is 0 Å². The number of aryl methyl sites for hydroxylation is 1. The summed E-state index contributed by atoms with van der Waals surface area (Å²) in [6.07, 6.45) is 1.81. The first-order chi connectivity index (χ1) is 10.1. The van der Waals surface area contributed by atoms with Crippen molar-refractivity contribution in [3.05, 3.63) is 70.9 Å². The molecule has 3 aromatic rings. The molecule has 0 spiro atoms. The van der Waals surface area contributed by atoms with Crippen molar-refractivity contribution in [1.82, 2.24) is 4.98 Å². The lowest BCUT2D eigenvalue weighted by atomic mass is 9.98. The number of H-pyrrole nitrogens is 1. The number of benzene rings is 2. The number of carbonyl (C=O) groups is 1. The van der Waals surface area contributed by atoms with E-state index in [4.69, 9.17) is 0 Å². The van der Waals surface area contributed by atoms with Gasteiger partial charge in [-0.3, -0.25) is 4.79 Å². The van der Waals surface area contributed by atoms with E-state index in [0.29, 0.717) is 5.92 Å². The van der Waals surface area contributed by atoms with Gasteiger partial charge >= 0.3 is 0 Å². The van der Waals surface area contributed by atoms with Crippen molar-refractivity contribution in [3.63, 3.8) is 0 Å². The molecule has 0 aliphatic rings. The molecule has 0 fully saturated rings. The van der Waals surface area contributed by atoms with Gasteiger partial charge in [0.05, 0.1) is 0 Å². The largest absolute Gasteiger partial charge is 0.360 e. The third-order valence-corrected chi connectivity index (χ3v) is 3.92. The molecule has 0 aliphatic heterocycles. The molecule has 0 radical (unpaired) electrons. The third-order valence-electron chi connectivity index (χ3n) is 3.92. The SMILES string of the molecule is Cc1ccc2c(C(=O)c3ccc(C(C)C)cc3)c[nH]c2c1. The van der Waals surface area contributed by atoms with Crippen LogP contribution < -0.4 is 0 Å². The van der Waals surface area contributed by atoms with Crippen LogP contribution in [0, 0.1) is 6.92 Å². The molecule has 0 saturated heterocycles. The van der Waals surface area contributed by atoms with E-state index in [1.54, 1.807) is 0 Å². The zero-order valence-corrected chi connectivity index (χ0v) is 12.6. The van der Waals surface area contributed by atoms with Gasteiger partial charge in [0.2, 0.25) is 0 Å². The Morgan fingerprint density at radius 3 is 2.43 bits per heavy atom. The summed E-state index contributed by atoms with van der Waals surface area (Å²) in [6.45, 7) is 6.35. The summed E-state index contributed by atoms with van der Waals surface area (Å²) in [5.74, 6) is 0.547. The Labute approximate surface area is 124 Å². The molecule has 0 unspecified atom stereocenters. The molecule has 1 aromatic heterocycles. The minimum absolute atomic E-state index is 0.0698. The highest BCUT2D eigenvalue weighted by atomic mass is 16.1. The van der Waals surface area contributed by atoms with Crippen LogP contribution >= 0.6 is 0 Å². The number of aromatic amines is 1. The van der Waals surface area contributed by atoms with Gasteiger partial charge in [-0.15, -0.1) is 0 Å². The molecule has 0 saturated carbocycles. The Morgan fingerprint density at radius 1 is 1.05 bits per heavy atom. The van der Waals surface area contributed by atoms with Crippen molar-refractivity contribution in [2.45, 2.75) is 26.7 Å². The average molecular weight is 277 g/mol. The van der Waals surface area contributed by atoms with Gasteiger partial charge in [-0.1, -0.05) is 50.2 Å². The normalized spacial score (nSPS) is 11.2. The molecule has 0 bridgehead atoms. The first kappa shape index (κ1) is 13.6. The number of rotatable bonds is 3. The van der Waals surface area contributed by atoms with Crippen LogP contribution in [0.1, 0.15) is 46.8 Å². The molecule has 1 N–H and O–H groups in total. The average Bonchev–Trinajstić information content (AvgIpc) is 2.89. The monoisotopic (exact) mass is 277 g/mol. The van der Waals surface area contributed by atoms with Gasteiger partial charge in [-0.05, 0) is 30.0 Å². The molecule has 2 aromatic carbocycles. The number of nitrogens with one attached hydrogen (secondary N) is 1. The molecule has 21 heavy (non-hydrogen) atoms. The predicted octanol–water partition coefficient (Wildman–Crippen LogP) is 4.83. The van der Waals surface area contributed by atoms with Crippen LogP contribution in [0.25, 0.3) is 10.9 Å². The van der Waals surface area contributed by atoms with Crippen LogP contribution in [0.2, 0.25) is 0 Å². The first-order valence-electron chi connectivity index (χ1n) is 7.28. The molecule has 0 amide bonds. The lowest BCUT2D eigenvalue weighted by molar-refractivity contribution is 0.104. The van der Waals surface area contributed by atoms with Crippen LogP contribution in [-0.4, -0.2) is 10.8 Å². The Balaban J connectivity index is 2.00. The van der Waals surface area contributed by atoms with Crippen LogP contribution in [-0.2, 0) is 0 Å². The maximum Gasteiger partial charge on any atom is 0.195 e. The molecule has 0 aliphatic carbocycles. The summed E-state index contributed by atoms with van der Waals surface area (Å²) in [5.41, 5.74) is 4.92. The number of ketones is 1. The van der Waals surface area contributed by atoms with Gasteiger partial charge in [0, 0.05) is 28.2 Å². The first-order valence-corrected chi connectivity index (χ1v) is 7.28. The maximum absolute atomic E-state index is 12.7. The third kappa shape index (κ3) is 2.49. The fourth-order valence-corrected chi connectivity index (χ4v) is 2.60. The molecule has 0 atom stereocenters. The van der Waals surface area contributed by atoms with Crippen molar-refractivity contribution in [3.8, 4) is 0 Å². The Kier molecular flexibility index (Phi) is 3.38. The van der Waals surface area contributed by atoms with E-state index in [1.165, 1.54) is 11.1 Å². The number of hydrogen-bond acceptors (Lipinski definition) is 1. The van der Waals surface area contributed by atoms with E-state index in [0.717, 1.165) is 22.0 Å². The predicted molar refractivity (Wildman–Crippen MR) is 87.0 cm³/mol. The van der Waals surface area contributed by atoms with Gasteiger partial charge in [0.15, 0.2) is 5.78 Å². The van der Waals surface area contributed by atoms with E-state index in [2.05, 4.69) is 24.9 Å². The van der Waals surface area contributed by atoms with Gasteiger partial charge in [0.1, 0.15) is 0 Å². The van der Waals surface area contributed by atoms with Crippen LogP contribution in [0.15, 0.2) is 48.7 Å². The van der Waals surface area contributed by atoms with Gasteiger partial charge < -0.3 is 4.98 Å². The molecule has 3 rings (SSSR count). The summed E-state index contributed by atoms with van der Waals surface area (Å²) in [4.78, 5) is 15.9. The van der Waals surface area contributed by atoms with Crippen LogP contribution in [0.3, 0.4) is 0 Å². The zero-order chi connectivity index (χ0) is 15.0. The highest BCUT2D eigenvalue weighted by Gasteiger charge is 2.14. The Bertz CT molecular complexity index is 794. The molecule has 1 heterocycles. The lowest BCUT2D eigenvalue weighted by Crippen LogP contribution is -2.00. The van der Waals surface area contributed by atoms with Crippen molar-refractivity contribution in [2.24, 2.45) is 0 Å². The number of fused-ring (bicyclic) bond motifs is 1.